The monoisotopic (exact) mass is 236 g/mol. The fourth-order valence-corrected chi connectivity index (χ4v) is 2.46. The van der Waals surface area contributed by atoms with Crippen LogP contribution in [-0.4, -0.2) is 34.6 Å². The summed E-state index contributed by atoms with van der Waals surface area (Å²) < 4.78 is 2.20. The van der Waals surface area contributed by atoms with Gasteiger partial charge in [-0.05, 0) is 31.8 Å². The molecule has 4 nitrogen and oxygen atoms in total. The van der Waals surface area contributed by atoms with Crippen LogP contribution < -0.4 is 5.73 Å². The zero-order valence-electron chi connectivity index (χ0n) is 11.1. The van der Waals surface area contributed by atoms with Crippen molar-refractivity contribution in [3.05, 3.63) is 18.2 Å². The second-order valence-corrected chi connectivity index (χ2v) is 5.68. The number of nitrogens with zero attached hydrogens (tertiary/aromatic N) is 3. The van der Waals surface area contributed by atoms with Crippen LogP contribution in [0.3, 0.4) is 0 Å². The quantitative estimate of drug-likeness (QED) is 0.861. The Hall–Kier alpha value is -0.870. The number of hydrogen-bond donors (Lipinski definition) is 1. The van der Waals surface area contributed by atoms with Crippen molar-refractivity contribution in [3.8, 4) is 0 Å². The van der Waals surface area contributed by atoms with Gasteiger partial charge < -0.3 is 15.2 Å². The van der Waals surface area contributed by atoms with E-state index in [0.717, 1.165) is 18.2 Å². The number of hydrogen-bond acceptors (Lipinski definition) is 3. The van der Waals surface area contributed by atoms with Gasteiger partial charge in [0, 0.05) is 19.3 Å². The Balaban J connectivity index is 1.94. The zero-order chi connectivity index (χ0) is 12.4. The first-order valence-electron chi connectivity index (χ1n) is 6.52. The molecule has 0 saturated carbocycles. The van der Waals surface area contributed by atoms with Crippen molar-refractivity contribution in [1.29, 1.82) is 0 Å². The standard InChI is InChI=1S/C13H24N4/c1-10(2)13(14)12-8-17(9-15-12)7-11-4-5-16(3)6-11/h8-11,13H,4-7,14H2,1-3H3/t11-,13-/m0/s1. The van der Waals surface area contributed by atoms with E-state index in [0.29, 0.717) is 5.92 Å². The molecule has 2 heterocycles. The molecule has 96 valence electrons. The Bertz CT molecular complexity index is 358. The van der Waals surface area contributed by atoms with Gasteiger partial charge in [0.05, 0.1) is 18.1 Å². The first-order valence-corrected chi connectivity index (χ1v) is 6.52. The molecule has 0 bridgehead atoms. The van der Waals surface area contributed by atoms with Crippen LogP contribution in [0.2, 0.25) is 0 Å². The van der Waals surface area contributed by atoms with E-state index in [4.69, 9.17) is 5.73 Å². The maximum absolute atomic E-state index is 6.10. The predicted molar refractivity (Wildman–Crippen MR) is 69.6 cm³/mol. The van der Waals surface area contributed by atoms with E-state index in [1.54, 1.807) is 0 Å². The molecule has 17 heavy (non-hydrogen) atoms. The molecule has 0 spiro atoms. The van der Waals surface area contributed by atoms with Crippen molar-refractivity contribution >= 4 is 0 Å². The molecular formula is C13H24N4. The minimum atomic E-state index is 0.0579. The van der Waals surface area contributed by atoms with E-state index >= 15 is 0 Å². The molecule has 2 N–H and O–H groups in total. The van der Waals surface area contributed by atoms with E-state index in [1.807, 2.05) is 6.33 Å². The average molecular weight is 236 g/mol. The summed E-state index contributed by atoms with van der Waals surface area (Å²) in [4.78, 5) is 6.81. The summed E-state index contributed by atoms with van der Waals surface area (Å²) in [7, 11) is 2.19. The van der Waals surface area contributed by atoms with Gasteiger partial charge in [-0.15, -0.1) is 0 Å². The number of aromatic nitrogens is 2. The zero-order valence-corrected chi connectivity index (χ0v) is 11.1. The van der Waals surface area contributed by atoms with Crippen LogP contribution in [0, 0.1) is 11.8 Å². The van der Waals surface area contributed by atoms with Gasteiger partial charge in [-0.3, -0.25) is 0 Å². The molecule has 0 amide bonds. The molecule has 1 aromatic rings. The number of nitrogens with two attached hydrogens (primary N) is 1. The fourth-order valence-electron chi connectivity index (χ4n) is 2.46. The molecule has 2 rings (SSSR count). The van der Waals surface area contributed by atoms with E-state index in [1.165, 1.54) is 19.5 Å². The minimum Gasteiger partial charge on any atom is -0.337 e. The summed E-state index contributed by atoms with van der Waals surface area (Å²) in [6, 6.07) is 0.0579. The Kier molecular flexibility index (Phi) is 3.84. The Morgan fingerprint density at radius 1 is 1.53 bits per heavy atom. The molecule has 0 aromatic carbocycles. The molecule has 0 aliphatic carbocycles. The van der Waals surface area contributed by atoms with Gasteiger partial charge >= 0.3 is 0 Å². The molecule has 1 aliphatic rings. The van der Waals surface area contributed by atoms with Crippen LogP contribution in [0.25, 0.3) is 0 Å². The van der Waals surface area contributed by atoms with Crippen molar-refractivity contribution in [2.45, 2.75) is 32.9 Å². The van der Waals surface area contributed by atoms with E-state index in [2.05, 4.69) is 41.5 Å². The highest BCUT2D eigenvalue weighted by Gasteiger charge is 2.20. The summed E-state index contributed by atoms with van der Waals surface area (Å²) in [6.45, 7) is 7.76. The predicted octanol–water partition coefficient (Wildman–Crippen LogP) is 1.49. The van der Waals surface area contributed by atoms with Gasteiger partial charge in [0.25, 0.3) is 0 Å². The highest BCUT2D eigenvalue weighted by Crippen LogP contribution is 2.19. The van der Waals surface area contributed by atoms with Crippen molar-refractivity contribution in [3.63, 3.8) is 0 Å². The maximum Gasteiger partial charge on any atom is 0.0950 e. The van der Waals surface area contributed by atoms with Crippen LogP contribution in [0.4, 0.5) is 0 Å². The largest absolute Gasteiger partial charge is 0.337 e. The molecule has 1 aromatic heterocycles. The SMILES string of the molecule is CC(C)[C@H](N)c1cn(C[C@H]2CCN(C)C2)cn1. The lowest BCUT2D eigenvalue weighted by molar-refractivity contribution is 0.378. The summed E-state index contributed by atoms with van der Waals surface area (Å²) in [6.07, 6.45) is 5.33. The topological polar surface area (TPSA) is 47.1 Å². The van der Waals surface area contributed by atoms with Crippen molar-refractivity contribution in [1.82, 2.24) is 14.5 Å². The van der Waals surface area contributed by atoms with Crippen molar-refractivity contribution in [2.75, 3.05) is 20.1 Å². The lowest BCUT2D eigenvalue weighted by Crippen LogP contribution is -2.17. The molecule has 1 aliphatic heterocycles. The second-order valence-electron chi connectivity index (χ2n) is 5.68. The molecule has 2 atom stereocenters. The Morgan fingerprint density at radius 3 is 2.88 bits per heavy atom. The average Bonchev–Trinajstić information content (AvgIpc) is 2.87. The van der Waals surface area contributed by atoms with Gasteiger partial charge in [0.1, 0.15) is 0 Å². The van der Waals surface area contributed by atoms with Crippen LogP contribution in [0.5, 0.6) is 0 Å². The normalized spacial score (nSPS) is 23.5. The highest BCUT2D eigenvalue weighted by atomic mass is 15.1. The fraction of sp³-hybridized carbons (Fsp3) is 0.769. The van der Waals surface area contributed by atoms with E-state index in [9.17, 15) is 0 Å². The summed E-state index contributed by atoms with van der Waals surface area (Å²) in [5.41, 5.74) is 7.12. The van der Waals surface area contributed by atoms with Gasteiger partial charge in [-0.25, -0.2) is 4.98 Å². The third-order valence-electron chi connectivity index (χ3n) is 3.67. The Labute approximate surface area is 104 Å². The Morgan fingerprint density at radius 2 is 2.29 bits per heavy atom. The summed E-state index contributed by atoms with van der Waals surface area (Å²) in [5, 5.41) is 0. The van der Waals surface area contributed by atoms with Crippen LogP contribution in [-0.2, 0) is 6.54 Å². The molecule has 1 saturated heterocycles. The van der Waals surface area contributed by atoms with Gasteiger partial charge in [0.15, 0.2) is 0 Å². The van der Waals surface area contributed by atoms with E-state index in [-0.39, 0.29) is 6.04 Å². The molecule has 0 unspecified atom stereocenters. The van der Waals surface area contributed by atoms with Crippen LogP contribution in [0.1, 0.15) is 32.0 Å². The van der Waals surface area contributed by atoms with Crippen LogP contribution in [0.15, 0.2) is 12.5 Å². The van der Waals surface area contributed by atoms with Gasteiger partial charge in [0.2, 0.25) is 0 Å². The number of rotatable bonds is 4. The molecular weight excluding hydrogens is 212 g/mol. The van der Waals surface area contributed by atoms with Crippen molar-refractivity contribution in [2.24, 2.45) is 17.6 Å². The summed E-state index contributed by atoms with van der Waals surface area (Å²) in [5.74, 6) is 1.20. The second kappa shape index (κ2) is 5.19. The third kappa shape index (κ3) is 3.07. The first-order chi connectivity index (χ1) is 8.06. The van der Waals surface area contributed by atoms with Gasteiger partial charge in [-0.2, -0.15) is 0 Å². The summed E-state index contributed by atoms with van der Waals surface area (Å²) >= 11 is 0. The van der Waals surface area contributed by atoms with Crippen molar-refractivity contribution < 1.29 is 0 Å². The van der Waals surface area contributed by atoms with E-state index < -0.39 is 0 Å². The number of likely N-dealkylation sites (tertiary alicyclic amines) is 1. The molecule has 4 heteroatoms. The molecule has 0 radical (unpaired) electrons. The lowest BCUT2D eigenvalue weighted by atomic mass is 10.0. The lowest BCUT2D eigenvalue weighted by Gasteiger charge is -2.13. The smallest absolute Gasteiger partial charge is 0.0950 e. The molecule has 1 fully saturated rings. The minimum absolute atomic E-state index is 0.0579. The maximum atomic E-state index is 6.10. The number of imidazole rings is 1. The first kappa shape index (κ1) is 12.6. The van der Waals surface area contributed by atoms with Gasteiger partial charge in [-0.1, -0.05) is 13.8 Å². The third-order valence-corrected chi connectivity index (χ3v) is 3.67. The highest BCUT2D eigenvalue weighted by molar-refractivity contribution is 5.04. The van der Waals surface area contributed by atoms with Crippen LogP contribution >= 0.6 is 0 Å².